The Morgan fingerprint density at radius 2 is 0.920 bits per heavy atom. The minimum absolute atomic E-state index is 1.26. The predicted octanol–water partition coefficient (Wildman–Crippen LogP) is 7.30. The lowest BCUT2D eigenvalue weighted by atomic mass is 9.95. The van der Waals surface area contributed by atoms with Crippen LogP contribution in [-0.4, -0.2) is 0 Å². The van der Waals surface area contributed by atoms with Crippen molar-refractivity contribution in [1.29, 1.82) is 0 Å². The van der Waals surface area contributed by atoms with Gasteiger partial charge in [-0.2, -0.15) is 0 Å². The maximum atomic E-state index is 2.21. The molecule has 0 saturated heterocycles. The van der Waals surface area contributed by atoms with Crippen molar-refractivity contribution in [2.75, 3.05) is 0 Å². The van der Waals surface area contributed by atoms with Crippen LogP contribution in [0.1, 0.15) is 12.5 Å². The maximum Gasteiger partial charge on any atom is -0.00268 e. The van der Waals surface area contributed by atoms with Crippen molar-refractivity contribution >= 4 is 38.4 Å². The molecule has 0 fully saturated rings. The van der Waals surface area contributed by atoms with E-state index in [0.717, 1.165) is 0 Å². The summed E-state index contributed by atoms with van der Waals surface area (Å²) in [5.41, 5.74) is 1.26. The lowest BCUT2D eigenvalue weighted by Crippen LogP contribution is -1.82. The molecule has 120 valence electrons. The minimum Gasteiger partial charge on any atom is -0.0871 e. The highest BCUT2D eigenvalue weighted by Gasteiger charge is 2.05. The molecule has 0 heteroatoms. The topological polar surface area (TPSA) is 0 Å². The Morgan fingerprint density at radius 3 is 1.32 bits per heavy atom. The van der Waals surface area contributed by atoms with Crippen LogP contribution in [0.25, 0.3) is 38.4 Å². The summed E-state index contributed by atoms with van der Waals surface area (Å²) in [7, 11) is 0. The van der Waals surface area contributed by atoms with Gasteiger partial charge in [-0.15, -0.1) is 0 Å². The summed E-state index contributed by atoms with van der Waals surface area (Å²) in [6.07, 6.45) is 4.12. The van der Waals surface area contributed by atoms with E-state index in [1.54, 1.807) is 0 Å². The van der Waals surface area contributed by atoms with E-state index in [9.17, 15) is 0 Å². The SMILES string of the molecule is CC=Cc1ccccc1.c1cc2ccc3cccc4ccc(c1)c2c34. The van der Waals surface area contributed by atoms with Crippen LogP contribution in [0.2, 0.25) is 0 Å². The average molecular weight is 320 g/mol. The maximum absolute atomic E-state index is 2.21. The lowest BCUT2D eigenvalue weighted by Gasteiger charge is -2.09. The molecular formula is C25H20. The first-order valence-corrected chi connectivity index (χ1v) is 8.67. The van der Waals surface area contributed by atoms with E-state index in [2.05, 4.69) is 78.9 Å². The molecule has 0 unspecified atom stereocenters. The van der Waals surface area contributed by atoms with Gasteiger partial charge in [-0.25, -0.2) is 0 Å². The van der Waals surface area contributed by atoms with Crippen molar-refractivity contribution in [3.05, 3.63) is 103 Å². The van der Waals surface area contributed by atoms with Gasteiger partial charge in [0, 0.05) is 0 Å². The molecule has 0 aliphatic carbocycles. The third-order valence-corrected chi connectivity index (χ3v) is 4.55. The third kappa shape index (κ3) is 2.99. The molecule has 5 aromatic carbocycles. The van der Waals surface area contributed by atoms with Crippen LogP contribution >= 0.6 is 0 Å². The van der Waals surface area contributed by atoms with Gasteiger partial charge < -0.3 is 0 Å². The van der Waals surface area contributed by atoms with E-state index in [0.29, 0.717) is 0 Å². The van der Waals surface area contributed by atoms with Gasteiger partial charge in [-0.1, -0.05) is 103 Å². The summed E-state index contributed by atoms with van der Waals surface area (Å²) < 4.78 is 0. The largest absolute Gasteiger partial charge is 0.0871 e. The quantitative estimate of drug-likeness (QED) is 0.284. The molecular weight excluding hydrogens is 300 g/mol. The molecule has 0 heterocycles. The molecule has 0 bridgehead atoms. The highest BCUT2D eigenvalue weighted by Crippen LogP contribution is 2.33. The van der Waals surface area contributed by atoms with Crippen molar-refractivity contribution in [2.24, 2.45) is 0 Å². The van der Waals surface area contributed by atoms with Crippen molar-refractivity contribution in [3.63, 3.8) is 0 Å². The van der Waals surface area contributed by atoms with Crippen LogP contribution in [-0.2, 0) is 0 Å². The smallest absolute Gasteiger partial charge is 0.00268 e. The van der Waals surface area contributed by atoms with Crippen molar-refractivity contribution in [1.82, 2.24) is 0 Å². The predicted molar refractivity (Wildman–Crippen MR) is 111 cm³/mol. The molecule has 0 nitrogen and oxygen atoms in total. The first-order chi connectivity index (χ1) is 12.4. The lowest BCUT2D eigenvalue weighted by molar-refractivity contribution is 1.64. The molecule has 0 radical (unpaired) electrons. The van der Waals surface area contributed by atoms with Gasteiger partial charge in [0.05, 0.1) is 0 Å². The van der Waals surface area contributed by atoms with Crippen molar-refractivity contribution < 1.29 is 0 Å². The highest BCUT2D eigenvalue weighted by molar-refractivity contribution is 6.22. The van der Waals surface area contributed by atoms with Crippen LogP contribution < -0.4 is 0 Å². The van der Waals surface area contributed by atoms with E-state index in [1.165, 1.54) is 37.9 Å². The van der Waals surface area contributed by atoms with Gasteiger partial charge >= 0.3 is 0 Å². The molecule has 5 rings (SSSR count). The fourth-order valence-electron chi connectivity index (χ4n) is 3.43. The zero-order chi connectivity index (χ0) is 17.1. The molecule has 0 N–H and O–H groups in total. The molecule has 0 atom stereocenters. The van der Waals surface area contributed by atoms with E-state index >= 15 is 0 Å². The second-order valence-corrected chi connectivity index (χ2v) is 6.20. The van der Waals surface area contributed by atoms with Crippen molar-refractivity contribution in [2.45, 2.75) is 6.92 Å². The second-order valence-electron chi connectivity index (χ2n) is 6.20. The fraction of sp³-hybridized carbons (Fsp3) is 0.0400. The summed E-state index contributed by atoms with van der Waals surface area (Å²) in [6, 6.07) is 32.1. The third-order valence-electron chi connectivity index (χ3n) is 4.55. The Labute approximate surface area is 148 Å². The first kappa shape index (κ1) is 15.4. The second kappa shape index (κ2) is 6.78. The molecule has 0 spiro atoms. The summed E-state index contributed by atoms with van der Waals surface area (Å²) in [5, 5.41) is 8.14. The van der Waals surface area contributed by atoms with Crippen LogP contribution in [0, 0.1) is 0 Å². The van der Waals surface area contributed by atoms with E-state index in [1.807, 2.05) is 31.2 Å². The van der Waals surface area contributed by atoms with Gasteiger partial charge in [0.15, 0.2) is 0 Å². The van der Waals surface area contributed by atoms with Crippen molar-refractivity contribution in [3.8, 4) is 0 Å². The average Bonchev–Trinajstić information content (AvgIpc) is 2.68. The molecule has 25 heavy (non-hydrogen) atoms. The summed E-state index contributed by atoms with van der Waals surface area (Å²) in [4.78, 5) is 0. The molecule has 5 aromatic rings. The molecule has 0 amide bonds. The summed E-state index contributed by atoms with van der Waals surface area (Å²) in [5.74, 6) is 0. The van der Waals surface area contributed by atoms with Gasteiger partial charge in [-0.05, 0) is 44.8 Å². The van der Waals surface area contributed by atoms with Gasteiger partial charge in [0.25, 0.3) is 0 Å². The van der Waals surface area contributed by atoms with Gasteiger partial charge in [0.1, 0.15) is 0 Å². The Morgan fingerprint density at radius 1 is 0.480 bits per heavy atom. The molecule has 0 saturated carbocycles. The Balaban J connectivity index is 0.000000150. The van der Waals surface area contributed by atoms with E-state index in [4.69, 9.17) is 0 Å². The molecule has 0 aromatic heterocycles. The minimum atomic E-state index is 1.26. The fourth-order valence-corrected chi connectivity index (χ4v) is 3.43. The Bertz CT molecular complexity index is 1000. The number of allylic oxidation sites excluding steroid dienone is 1. The highest BCUT2D eigenvalue weighted by atomic mass is 14.1. The van der Waals surface area contributed by atoms with Crippen LogP contribution in [0.5, 0.6) is 0 Å². The van der Waals surface area contributed by atoms with Gasteiger partial charge in [0.2, 0.25) is 0 Å². The Kier molecular flexibility index (Phi) is 4.18. The monoisotopic (exact) mass is 320 g/mol. The van der Waals surface area contributed by atoms with Crippen LogP contribution in [0.15, 0.2) is 97.1 Å². The van der Waals surface area contributed by atoms with Crippen LogP contribution in [0.3, 0.4) is 0 Å². The number of hydrogen-bond acceptors (Lipinski definition) is 0. The normalized spacial score (nSPS) is 11.2. The Hall–Kier alpha value is -3.12. The summed E-state index contributed by atoms with van der Waals surface area (Å²) in [6.45, 7) is 2.02. The zero-order valence-corrected chi connectivity index (χ0v) is 14.3. The van der Waals surface area contributed by atoms with Crippen LogP contribution in [0.4, 0.5) is 0 Å². The number of rotatable bonds is 1. The number of benzene rings is 5. The van der Waals surface area contributed by atoms with Gasteiger partial charge in [-0.3, -0.25) is 0 Å². The molecule has 0 aliphatic rings. The number of hydrogen-bond donors (Lipinski definition) is 0. The standard InChI is InChI=1S/C16H10.C9H10/c1-3-11-7-9-13-5-2-6-14-10-8-12(4-1)15(11)16(13)14;1-2-6-9-7-4-3-5-8-9/h1-10H;2-8H,1H3. The summed E-state index contributed by atoms with van der Waals surface area (Å²) >= 11 is 0. The first-order valence-electron chi connectivity index (χ1n) is 8.67. The molecule has 0 aliphatic heterocycles. The van der Waals surface area contributed by atoms with E-state index < -0.39 is 0 Å². The zero-order valence-electron chi connectivity index (χ0n) is 14.3. The van der Waals surface area contributed by atoms with E-state index in [-0.39, 0.29) is 0 Å².